The molecule has 21 heavy (non-hydrogen) atoms. The van der Waals surface area contributed by atoms with Crippen molar-refractivity contribution < 1.29 is 4.79 Å². The first-order chi connectivity index (χ1) is 9.97. The molecule has 0 unspecified atom stereocenters. The molecule has 5 nitrogen and oxygen atoms in total. The SMILES string of the molecule is CC(C)n1cnnc1S[C@H](C)C(=O)Nc1cccc(Br)c1. The maximum absolute atomic E-state index is 12.2. The van der Waals surface area contributed by atoms with Gasteiger partial charge in [-0.2, -0.15) is 0 Å². The van der Waals surface area contributed by atoms with Gasteiger partial charge >= 0.3 is 0 Å². The first-order valence-corrected chi connectivity index (χ1v) is 8.27. The van der Waals surface area contributed by atoms with Gasteiger partial charge in [0.15, 0.2) is 5.16 Å². The summed E-state index contributed by atoms with van der Waals surface area (Å²) in [5.41, 5.74) is 0.771. The van der Waals surface area contributed by atoms with Crippen LogP contribution in [0.1, 0.15) is 26.8 Å². The molecule has 112 valence electrons. The van der Waals surface area contributed by atoms with Crippen molar-refractivity contribution in [1.82, 2.24) is 14.8 Å². The van der Waals surface area contributed by atoms with Crippen LogP contribution in [0.3, 0.4) is 0 Å². The number of hydrogen-bond acceptors (Lipinski definition) is 4. The van der Waals surface area contributed by atoms with Crippen LogP contribution in [-0.2, 0) is 4.79 Å². The van der Waals surface area contributed by atoms with E-state index < -0.39 is 0 Å². The summed E-state index contributed by atoms with van der Waals surface area (Å²) in [5.74, 6) is -0.0589. The lowest BCUT2D eigenvalue weighted by molar-refractivity contribution is -0.115. The van der Waals surface area contributed by atoms with E-state index in [1.165, 1.54) is 11.8 Å². The molecule has 0 aliphatic heterocycles. The van der Waals surface area contributed by atoms with Gasteiger partial charge in [-0.25, -0.2) is 0 Å². The van der Waals surface area contributed by atoms with E-state index in [0.717, 1.165) is 15.3 Å². The van der Waals surface area contributed by atoms with E-state index in [9.17, 15) is 4.79 Å². The predicted molar refractivity (Wildman–Crippen MR) is 88.5 cm³/mol. The smallest absolute Gasteiger partial charge is 0.237 e. The quantitative estimate of drug-likeness (QED) is 0.816. The summed E-state index contributed by atoms with van der Waals surface area (Å²) < 4.78 is 2.88. The Bertz CT molecular complexity index is 629. The van der Waals surface area contributed by atoms with E-state index in [0.29, 0.717) is 0 Å². The van der Waals surface area contributed by atoms with Crippen LogP contribution in [0.4, 0.5) is 5.69 Å². The number of nitrogens with zero attached hydrogens (tertiary/aromatic N) is 3. The molecule has 2 rings (SSSR count). The molecule has 1 amide bonds. The van der Waals surface area contributed by atoms with Gasteiger partial charge in [0.05, 0.1) is 5.25 Å². The van der Waals surface area contributed by atoms with Crippen molar-refractivity contribution in [2.45, 2.75) is 37.2 Å². The standard InChI is InChI=1S/C14H17BrN4OS/c1-9(2)19-8-16-18-14(19)21-10(3)13(20)17-12-6-4-5-11(15)7-12/h4-10H,1-3H3,(H,17,20)/t10-/m1/s1. The zero-order valence-electron chi connectivity index (χ0n) is 12.1. The number of amides is 1. The third kappa shape index (κ3) is 4.31. The van der Waals surface area contributed by atoms with Crippen molar-refractivity contribution in [3.8, 4) is 0 Å². The Morgan fingerprint density at radius 1 is 1.38 bits per heavy atom. The summed E-state index contributed by atoms with van der Waals surface area (Å²) >= 11 is 4.79. The molecule has 0 aliphatic rings. The van der Waals surface area contributed by atoms with Crippen LogP contribution in [0.15, 0.2) is 40.2 Å². The normalized spacial score (nSPS) is 12.4. The molecule has 2 aromatic rings. The molecule has 7 heteroatoms. The van der Waals surface area contributed by atoms with Gasteiger partial charge in [0.2, 0.25) is 5.91 Å². The topological polar surface area (TPSA) is 59.8 Å². The van der Waals surface area contributed by atoms with E-state index in [1.807, 2.05) is 35.8 Å². The summed E-state index contributed by atoms with van der Waals surface area (Å²) in [6.07, 6.45) is 1.69. The first kappa shape index (κ1) is 16.0. The lowest BCUT2D eigenvalue weighted by Gasteiger charge is -2.14. The maximum Gasteiger partial charge on any atom is 0.237 e. The minimum Gasteiger partial charge on any atom is -0.325 e. The Morgan fingerprint density at radius 3 is 2.81 bits per heavy atom. The van der Waals surface area contributed by atoms with Gasteiger partial charge in [0.25, 0.3) is 0 Å². The fourth-order valence-corrected chi connectivity index (χ4v) is 3.05. The van der Waals surface area contributed by atoms with Gasteiger partial charge in [-0.3, -0.25) is 4.79 Å². The molecule has 1 aromatic carbocycles. The van der Waals surface area contributed by atoms with Crippen LogP contribution in [0.5, 0.6) is 0 Å². The number of carbonyl (C=O) groups is 1. The summed E-state index contributed by atoms with van der Waals surface area (Å²) in [6, 6.07) is 7.79. The average molecular weight is 369 g/mol. The number of nitrogens with one attached hydrogen (secondary N) is 1. The van der Waals surface area contributed by atoms with Crippen LogP contribution in [-0.4, -0.2) is 25.9 Å². The average Bonchev–Trinajstić information content (AvgIpc) is 2.87. The van der Waals surface area contributed by atoms with Crippen molar-refractivity contribution in [3.05, 3.63) is 35.1 Å². The number of hydrogen-bond donors (Lipinski definition) is 1. The first-order valence-electron chi connectivity index (χ1n) is 6.60. The van der Waals surface area contributed by atoms with Gasteiger partial charge < -0.3 is 9.88 Å². The molecule has 0 bridgehead atoms. The van der Waals surface area contributed by atoms with Crippen LogP contribution >= 0.6 is 27.7 Å². The highest BCUT2D eigenvalue weighted by Gasteiger charge is 2.18. The summed E-state index contributed by atoms with van der Waals surface area (Å²) in [5, 5.41) is 11.4. The number of thioether (sulfide) groups is 1. The van der Waals surface area contributed by atoms with Crippen molar-refractivity contribution in [2.75, 3.05) is 5.32 Å². The minimum absolute atomic E-state index is 0.0589. The van der Waals surface area contributed by atoms with Gasteiger partial charge in [-0.1, -0.05) is 33.8 Å². The summed E-state index contributed by atoms with van der Waals surface area (Å²) in [6.45, 7) is 5.97. The Morgan fingerprint density at radius 2 is 2.14 bits per heavy atom. The van der Waals surface area contributed by atoms with Crippen molar-refractivity contribution >= 4 is 39.3 Å². The number of aromatic nitrogens is 3. The molecule has 1 atom stereocenters. The molecule has 0 saturated carbocycles. The van der Waals surface area contributed by atoms with E-state index >= 15 is 0 Å². The molecule has 0 saturated heterocycles. The highest BCUT2D eigenvalue weighted by molar-refractivity contribution is 9.10. The second-order valence-electron chi connectivity index (χ2n) is 4.87. The van der Waals surface area contributed by atoms with Gasteiger partial charge in [0.1, 0.15) is 6.33 Å². The number of carbonyl (C=O) groups excluding carboxylic acids is 1. The zero-order chi connectivity index (χ0) is 15.4. The Hall–Kier alpha value is -1.34. The van der Waals surface area contributed by atoms with E-state index in [2.05, 4.69) is 45.3 Å². The molecule has 1 N–H and O–H groups in total. The second kappa shape index (κ2) is 7.09. The summed E-state index contributed by atoms with van der Waals surface area (Å²) in [4.78, 5) is 12.2. The fourth-order valence-electron chi connectivity index (χ4n) is 1.69. The highest BCUT2D eigenvalue weighted by atomic mass is 79.9. The zero-order valence-corrected chi connectivity index (χ0v) is 14.5. The summed E-state index contributed by atoms with van der Waals surface area (Å²) in [7, 11) is 0. The molecule has 0 spiro atoms. The van der Waals surface area contributed by atoms with Crippen LogP contribution < -0.4 is 5.32 Å². The fraction of sp³-hybridized carbons (Fsp3) is 0.357. The molecule has 0 radical (unpaired) electrons. The molecule has 1 heterocycles. The molecule has 0 fully saturated rings. The molecular weight excluding hydrogens is 352 g/mol. The Kier molecular flexibility index (Phi) is 5.41. The third-order valence-electron chi connectivity index (χ3n) is 2.84. The van der Waals surface area contributed by atoms with Gasteiger partial charge in [0, 0.05) is 16.2 Å². The second-order valence-corrected chi connectivity index (χ2v) is 7.10. The van der Waals surface area contributed by atoms with Crippen LogP contribution in [0.25, 0.3) is 0 Å². The minimum atomic E-state index is -0.259. The lowest BCUT2D eigenvalue weighted by Crippen LogP contribution is -2.23. The number of anilines is 1. The number of rotatable bonds is 5. The predicted octanol–water partition coefficient (Wildman–Crippen LogP) is 3.74. The van der Waals surface area contributed by atoms with Crippen molar-refractivity contribution in [3.63, 3.8) is 0 Å². The Balaban J connectivity index is 2.01. The Labute approximate surface area is 136 Å². The van der Waals surface area contributed by atoms with Crippen molar-refractivity contribution in [2.24, 2.45) is 0 Å². The van der Waals surface area contributed by atoms with E-state index in [-0.39, 0.29) is 17.2 Å². The molecule has 0 aliphatic carbocycles. The van der Waals surface area contributed by atoms with Crippen LogP contribution in [0.2, 0.25) is 0 Å². The monoisotopic (exact) mass is 368 g/mol. The highest BCUT2D eigenvalue weighted by Crippen LogP contribution is 2.24. The number of halogens is 1. The van der Waals surface area contributed by atoms with E-state index in [4.69, 9.17) is 0 Å². The van der Waals surface area contributed by atoms with E-state index in [1.54, 1.807) is 6.33 Å². The number of benzene rings is 1. The molecule has 1 aromatic heterocycles. The third-order valence-corrected chi connectivity index (χ3v) is 4.40. The van der Waals surface area contributed by atoms with Crippen molar-refractivity contribution in [1.29, 1.82) is 0 Å². The lowest BCUT2D eigenvalue weighted by atomic mass is 10.3. The van der Waals surface area contributed by atoms with Crippen LogP contribution in [0, 0.1) is 0 Å². The van der Waals surface area contributed by atoms with Gasteiger partial charge in [-0.05, 0) is 39.0 Å². The largest absolute Gasteiger partial charge is 0.325 e. The van der Waals surface area contributed by atoms with Gasteiger partial charge in [-0.15, -0.1) is 10.2 Å². The maximum atomic E-state index is 12.2. The molecular formula is C14H17BrN4OS.